The van der Waals surface area contributed by atoms with Gasteiger partial charge in [-0.1, -0.05) is 29.8 Å². The number of rotatable bonds is 4. The number of carbonyl (C=O) groups excluding carboxylic acids is 3. The van der Waals surface area contributed by atoms with Crippen LogP contribution < -0.4 is 11.1 Å². The molecule has 2 aliphatic heterocycles. The molecule has 31 heavy (non-hydrogen) atoms. The van der Waals surface area contributed by atoms with Crippen molar-refractivity contribution in [3.63, 3.8) is 0 Å². The number of hydrogen-bond acceptors (Lipinski definition) is 7. The van der Waals surface area contributed by atoms with E-state index in [0.29, 0.717) is 27.9 Å². The lowest BCUT2D eigenvalue weighted by Gasteiger charge is -2.42. The van der Waals surface area contributed by atoms with E-state index in [1.54, 1.807) is 18.2 Å². The number of ether oxygens (including phenoxy) is 3. The quantitative estimate of drug-likeness (QED) is 0.491. The van der Waals surface area contributed by atoms with Crippen molar-refractivity contribution in [3.8, 4) is 0 Å². The van der Waals surface area contributed by atoms with Crippen LogP contribution in [-0.4, -0.2) is 38.0 Å². The topological polar surface area (TPSA) is 117 Å². The highest BCUT2D eigenvalue weighted by Crippen LogP contribution is 2.56. The van der Waals surface area contributed by atoms with Crippen LogP contribution >= 0.6 is 15.9 Å². The van der Waals surface area contributed by atoms with E-state index in [9.17, 15) is 14.4 Å². The van der Waals surface area contributed by atoms with Crippen molar-refractivity contribution in [1.82, 2.24) is 0 Å². The zero-order chi connectivity index (χ0) is 22.6. The lowest BCUT2D eigenvalue weighted by molar-refractivity contribution is -0.142. The van der Waals surface area contributed by atoms with Crippen LogP contribution in [0.5, 0.6) is 0 Å². The van der Waals surface area contributed by atoms with Gasteiger partial charge >= 0.3 is 5.97 Å². The number of methoxy groups -OCH3 is 1. The SMILES string of the molecule is COCCOC(=O)C1=C(N)OC2=C(C(=O)CC(C)(C)C2)C12C(=O)Nc1ccc(Br)cc12. The Balaban J connectivity index is 1.98. The number of benzene rings is 1. The number of carbonyl (C=O) groups is 3. The Hall–Kier alpha value is -2.65. The van der Waals surface area contributed by atoms with Crippen molar-refractivity contribution in [3.05, 3.63) is 51.0 Å². The Bertz CT molecular complexity index is 1070. The Morgan fingerprint density at radius 1 is 1.26 bits per heavy atom. The van der Waals surface area contributed by atoms with Gasteiger partial charge in [0.2, 0.25) is 11.8 Å². The molecule has 0 aromatic heterocycles. The van der Waals surface area contributed by atoms with Gasteiger partial charge in [0.05, 0.1) is 12.2 Å². The van der Waals surface area contributed by atoms with Gasteiger partial charge in [-0.3, -0.25) is 9.59 Å². The van der Waals surface area contributed by atoms with Gasteiger partial charge in [0.15, 0.2) is 5.78 Å². The normalized spacial score (nSPS) is 24.0. The third kappa shape index (κ3) is 3.27. The second-order valence-electron chi connectivity index (χ2n) is 8.60. The average Bonchev–Trinajstić information content (AvgIpc) is 2.92. The molecule has 1 unspecified atom stereocenters. The van der Waals surface area contributed by atoms with Crippen molar-refractivity contribution in [2.45, 2.75) is 32.1 Å². The molecule has 0 bridgehead atoms. The average molecular weight is 491 g/mol. The maximum Gasteiger partial charge on any atom is 0.341 e. The summed E-state index contributed by atoms with van der Waals surface area (Å²) in [6.07, 6.45) is 0.610. The number of anilines is 1. The molecule has 9 heteroatoms. The van der Waals surface area contributed by atoms with Gasteiger partial charge in [-0.15, -0.1) is 0 Å². The van der Waals surface area contributed by atoms with Crippen LogP contribution in [0.3, 0.4) is 0 Å². The largest absolute Gasteiger partial charge is 0.460 e. The molecule has 3 aliphatic rings. The molecule has 1 aromatic carbocycles. The van der Waals surface area contributed by atoms with Crippen LogP contribution in [0.2, 0.25) is 0 Å². The minimum Gasteiger partial charge on any atom is -0.460 e. The summed E-state index contributed by atoms with van der Waals surface area (Å²) < 4.78 is 16.8. The number of fused-ring (bicyclic) bond motifs is 3. The van der Waals surface area contributed by atoms with Crippen LogP contribution in [0.1, 0.15) is 32.3 Å². The van der Waals surface area contributed by atoms with E-state index in [4.69, 9.17) is 19.9 Å². The summed E-state index contributed by atoms with van der Waals surface area (Å²) in [6, 6.07) is 5.19. The number of halogens is 1. The monoisotopic (exact) mass is 490 g/mol. The van der Waals surface area contributed by atoms with Gasteiger partial charge in [-0.2, -0.15) is 0 Å². The van der Waals surface area contributed by atoms with Crippen molar-refractivity contribution in [1.29, 1.82) is 0 Å². The minimum atomic E-state index is -1.74. The summed E-state index contributed by atoms with van der Waals surface area (Å²) in [5, 5.41) is 2.81. The number of nitrogens with two attached hydrogens (primary N) is 1. The van der Waals surface area contributed by atoms with Crippen molar-refractivity contribution in [2.75, 3.05) is 25.6 Å². The third-order valence-corrected chi connectivity index (χ3v) is 6.26. The van der Waals surface area contributed by atoms with Crippen molar-refractivity contribution in [2.24, 2.45) is 11.1 Å². The smallest absolute Gasteiger partial charge is 0.341 e. The van der Waals surface area contributed by atoms with Crippen molar-refractivity contribution < 1.29 is 28.6 Å². The molecule has 1 aromatic rings. The van der Waals surface area contributed by atoms with E-state index in [2.05, 4.69) is 21.2 Å². The molecule has 1 aliphatic carbocycles. The van der Waals surface area contributed by atoms with Gasteiger partial charge < -0.3 is 25.3 Å². The van der Waals surface area contributed by atoms with Gasteiger partial charge in [0.25, 0.3) is 0 Å². The standard InChI is InChI=1S/C22H23BrN2O6/c1-21(2)9-14(26)16-15(10-21)31-18(24)17(19(27)30-7-6-29-3)22(16)12-8-11(23)4-5-13(12)25-20(22)28/h4-5,8H,6-7,9-10,24H2,1-3H3,(H,25,28). The van der Waals surface area contributed by atoms with Gasteiger partial charge in [-0.05, 0) is 23.6 Å². The number of esters is 1. The molecule has 0 saturated carbocycles. The van der Waals surface area contributed by atoms with E-state index < -0.39 is 17.3 Å². The second-order valence-corrected chi connectivity index (χ2v) is 9.52. The summed E-state index contributed by atoms with van der Waals surface area (Å²) >= 11 is 3.43. The highest BCUT2D eigenvalue weighted by Gasteiger charge is 2.62. The lowest BCUT2D eigenvalue weighted by atomic mass is 9.62. The fourth-order valence-corrected chi connectivity index (χ4v) is 4.94. The summed E-state index contributed by atoms with van der Waals surface area (Å²) in [4.78, 5) is 40.2. The summed E-state index contributed by atoms with van der Waals surface area (Å²) in [5.41, 5.74) is 5.02. The van der Waals surface area contributed by atoms with Crippen LogP contribution in [0.25, 0.3) is 0 Å². The Kier molecular flexibility index (Phi) is 5.21. The van der Waals surface area contributed by atoms with E-state index in [0.717, 1.165) is 0 Å². The molecule has 8 nitrogen and oxygen atoms in total. The molecule has 2 heterocycles. The van der Waals surface area contributed by atoms with Crippen LogP contribution in [0.15, 0.2) is 45.5 Å². The fraction of sp³-hybridized carbons (Fsp3) is 0.409. The maximum atomic E-state index is 13.6. The molecule has 0 saturated heterocycles. The number of ketones is 1. The molecule has 1 atom stereocenters. The van der Waals surface area contributed by atoms with E-state index in [-0.39, 0.29) is 47.9 Å². The molecular weight excluding hydrogens is 468 g/mol. The second kappa shape index (κ2) is 7.49. The number of allylic oxidation sites excluding steroid dienone is 1. The molecule has 1 amide bonds. The van der Waals surface area contributed by atoms with E-state index in [1.165, 1.54) is 7.11 Å². The number of Topliss-reactive ketones (excluding diaryl/α,β-unsaturated/α-hetero) is 1. The highest BCUT2D eigenvalue weighted by atomic mass is 79.9. The zero-order valence-corrected chi connectivity index (χ0v) is 19.1. The lowest BCUT2D eigenvalue weighted by Crippen LogP contribution is -2.50. The number of nitrogens with one attached hydrogen (secondary N) is 1. The first-order valence-electron chi connectivity index (χ1n) is 9.84. The molecule has 164 valence electrons. The minimum absolute atomic E-state index is 0.0396. The van der Waals surface area contributed by atoms with E-state index in [1.807, 2.05) is 13.8 Å². The zero-order valence-electron chi connectivity index (χ0n) is 17.5. The maximum absolute atomic E-state index is 13.6. The number of hydrogen-bond donors (Lipinski definition) is 2. The third-order valence-electron chi connectivity index (χ3n) is 5.76. The van der Waals surface area contributed by atoms with Crippen LogP contribution in [0.4, 0.5) is 5.69 Å². The Morgan fingerprint density at radius 2 is 2.00 bits per heavy atom. The predicted molar refractivity (Wildman–Crippen MR) is 115 cm³/mol. The predicted octanol–water partition coefficient (Wildman–Crippen LogP) is 2.67. The summed E-state index contributed by atoms with van der Waals surface area (Å²) in [7, 11) is 1.48. The summed E-state index contributed by atoms with van der Waals surface area (Å²) in [5.74, 6) is -1.55. The molecule has 4 rings (SSSR count). The molecule has 3 N–H and O–H groups in total. The number of amides is 1. The van der Waals surface area contributed by atoms with Gasteiger partial charge in [0.1, 0.15) is 23.4 Å². The first-order valence-corrected chi connectivity index (χ1v) is 10.6. The van der Waals surface area contributed by atoms with E-state index >= 15 is 0 Å². The highest BCUT2D eigenvalue weighted by molar-refractivity contribution is 9.10. The Morgan fingerprint density at radius 3 is 2.71 bits per heavy atom. The van der Waals surface area contributed by atoms with Gasteiger partial charge in [-0.25, -0.2) is 4.79 Å². The molecular formula is C22H23BrN2O6. The van der Waals surface area contributed by atoms with Crippen LogP contribution in [-0.2, 0) is 34.0 Å². The summed E-state index contributed by atoms with van der Waals surface area (Å²) in [6.45, 7) is 4.01. The Labute approximate surface area is 187 Å². The van der Waals surface area contributed by atoms with Crippen LogP contribution in [0, 0.1) is 5.41 Å². The molecule has 0 radical (unpaired) electrons. The van der Waals surface area contributed by atoms with Gasteiger partial charge in [0, 0.05) is 35.7 Å². The first-order chi connectivity index (χ1) is 14.6. The molecule has 0 fully saturated rings. The fourth-order valence-electron chi connectivity index (χ4n) is 4.58. The first kappa shape index (κ1) is 21.6. The molecule has 1 spiro atoms. The van der Waals surface area contributed by atoms with Crippen molar-refractivity contribution >= 4 is 39.3 Å².